The Hall–Kier alpha value is -2.76. The van der Waals surface area contributed by atoms with Crippen molar-refractivity contribution >= 4 is 17.4 Å². The molecule has 1 heterocycles. The number of rotatable bonds is 6. The number of hydrogen-bond acceptors (Lipinski definition) is 3. The van der Waals surface area contributed by atoms with Crippen LogP contribution in [0.4, 0.5) is 20.3 Å². The minimum absolute atomic E-state index is 0.199. The minimum atomic E-state index is -1.00. The number of hydrogen-bond donors (Lipinski definition) is 2. The predicted molar refractivity (Wildman–Crippen MR) is 98.2 cm³/mol. The van der Waals surface area contributed by atoms with Gasteiger partial charge in [0.25, 0.3) is 5.91 Å². The lowest BCUT2D eigenvalue weighted by molar-refractivity contribution is 0.102. The van der Waals surface area contributed by atoms with Crippen molar-refractivity contribution in [3.05, 3.63) is 65.4 Å². The molecule has 0 saturated carbocycles. The molecular weight excluding hydrogens is 336 g/mol. The zero-order valence-electron chi connectivity index (χ0n) is 14.4. The van der Waals surface area contributed by atoms with E-state index in [2.05, 4.69) is 21.7 Å². The van der Waals surface area contributed by atoms with Crippen molar-refractivity contribution in [3.63, 3.8) is 0 Å². The maximum atomic E-state index is 13.2. The van der Waals surface area contributed by atoms with Gasteiger partial charge in [-0.05, 0) is 56.4 Å². The Bertz CT molecular complexity index is 820. The molecule has 136 valence electrons. The zero-order chi connectivity index (χ0) is 18.4. The summed E-state index contributed by atoms with van der Waals surface area (Å²) in [6, 6.07) is 6.46. The molecule has 0 spiro atoms. The second-order valence-electron chi connectivity index (χ2n) is 6.30. The van der Waals surface area contributed by atoms with Gasteiger partial charge in [0.1, 0.15) is 5.82 Å². The third kappa shape index (κ3) is 4.88. The average molecular weight is 357 g/mol. The highest BCUT2D eigenvalue weighted by molar-refractivity contribution is 6.04. The van der Waals surface area contributed by atoms with Crippen molar-refractivity contribution in [1.29, 1.82) is 0 Å². The zero-order valence-corrected chi connectivity index (χ0v) is 14.4. The van der Waals surface area contributed by atoms with E-state index in [1.54, 1.807) is 18.3 Å². The number of pyridine rings is 1. The smallest absolute Gasteiger partial charge is 0.255 e. The maximum Gasteiger partial charge on any atom is 0.255 e. The first-order valence-corrected chi connectivity index (χ1v) is 8.76. The highest BCUT2D eigenvalue weighted by Gasteiger charge is 2.10. The summed E-state index contributed by atoms with van der Waals surface area (Å²) in [4.78, 5) is 16.5. The topological polar surface area (TPSA) is 54.0 Å². The van der Waals surface area contributed by atoms with Gasteiger partial charge in [-0.25, -0.2) is 13.8 Å². The SMILES string of the molecule is O=C(Nc1ccc(F)c(F)c1)c1ccnc(NCCC2=CCCCC2)c1. The van der Waals surface area contributed by atoms with Crippen molar-refractivity contribution in [2.75, 3.05) is 17.2 Å². The molecule has 1 aromatic carbocycles. The standard InChI is InChI=1S/C20H21F2N3O/c21-17-7-6-16(13-18(17)22)25-20(26)15-9-11-24-19(12-15)23-10-8-14-4-2-1-3-5-14/h4,6-7,9,11-13H,1-3,5,8,10H2,(H,23,24)(H,25,26). The third-order valence-corrected chi connectivity index (χ3v) is 4.34. The van der Waals surface area contributed by atoms with Crippen LogP contribution in [-0.2, 0) is 0 Å². The van der Waals surface area contributed by atoms with Gasteiger partial charge in [0.05, 0.1) is 0 Å². The second kappa shape index (κ2) is 8.56. The molecular formula is C20H21F2N3O. The molecule has 6 heteroatoms. The molecule has 1 aliphatic carbocycles. The predicted octanol–water partition coefficient (Wildman–Crippen LogP) is 4.91. The number of halogens is 2. The Morgan fingerprint density at radius 3 is 2.77 bits per heavy atom. The average Bonchev–Trinajstić information content (AvgIpc) is 2.66. The molecule has 0 aliphatic heterocycles. The summed E-state index contributed by atoms with van der Waals surface area (Å²) in [7, 11) is 0. The van der Waals surface area contributed by atoms with Crippen LogP contribution in [0, 0.1) is 11.6 Å². The molecule has 0 saturated heterocycles. The molecule has 1 amide bonds. The van der Waals surface area contributed by atoms with Gasteiger partial charge in [-0.3, -0.25) is 4.79 Å². The molecule has 2 aromatic rings. The Morgan fingerprint density at radius 2 is 2.00 bits per heavy atom. The summed E-state index contributed by atoms with van der Waals surface area (Å²) in [6.45, 7) is 0.757. The number of nitrogens with zero attached hydrogens (tertiary/aromatic N) is 1. The first kappa shape index (κ1) is 18.0. The van der Waals surface area contributed by atoms with E-state index in [1.165, 1.54) is 24.5 Å². The summed E-state index contributed by atoms with van der Waals surface area (Å²) >= 11 is 0. The fourth-order valence-corrected chi connectivity index (χ4v) is 2.93. The summed E-state index contributed by atoms with van der Waals surface area (Å²) in [5.74, 6) is -1.75. The number of nitrogens with one attached hydrogen (secondary N) is 2. The van der Waals surface area contributed by atoms with Gasteiger partial charge in [0, 0.05) is 30.1 Å². The molecule has 0 radical (unpaired) electrons. The fourth-order valence-electron chi connectivity index (χ4n) is 2.93. The van der Waals surface area contributed by atoms with E-state index in [-0.39, 0.29) is 5.69 Å². The van der Waals surface area contributed by atoms with Gasteiger partial charge in [0.2, 0.25) is 0 Å². The lowest BCUT2D eigenvalue weighted by Gasteiger charge is -2.13. The van der Waals surface area contributed by atoms with E-state index in [1.807, 2.05) is 0 Å². The van der Waals surface area contributed by atoms with Crippen LogP contribution in [0.15, 0.2) is 48.2 Å². The number of carbonyl (C=O) groups is 1. The van der Waals surface area contributed by atoms with Gasteiger partial charge in [-0.2, -0.15) is 0 Å². The number of aromatic nitrogens is 1. The number of allylic oxidation sites excluding steroid dienone is 1. The molecule has 0 fully saturated rings. The van der Waals surface area contributed by atoms with Crippen LogP contribution < -0.4 is 10.6 Å². The number of carbonyl (C=O) groups excluding carboxylic acids is 1. The molecule has 1 aliphatic rings. The van der Waals surface area contributed by atoms with E-state index in [4.69, 9.17) is 0 Å². The summed E-state index contributed by atoms with van der Waals surface area (Å²) in [5, 5.41) is 5.78. The normalized spacial score (nSPS) is 13.8. The van der Waals surface area contributed by atoms with E-state index < -0.39 is 17.5 Å². The van der Waals surface area contributed by atoms with Crippen molar-refractivity contribution < 1.29 is 13.6 Å². The number of anilines is 2. The number of amides is 1. The van der Waals surface area contributed by atoms with Crippen molar-refractivity contribution in [2.24, 2.45) is 0 Å². The van der Waals surface area contributed by atoms with Crippen LogP contribution in [0.2, 0.25) is 0 Å². The van der Waals surface area contributed by atoms with Gasteiger partial charge >= 0.3 is 0 Å². The quantitative estimate of drug-likeness (QED) is 0.722. The van der Waals surface area contributed by atoms with Crippen LogP contribution in [0.5, 0.6) is 0 Å². The monoisotopic (exact) mass is 357 g/mol. The van der Waals surface area contributed by atoms with Crippen molar-refractivity contribution in [2.45, 2.75) is 32.1 Å². The highest BCUT2D eigenvalue weighted by atomic mass is 19.2. The Morgan fingerprint density at radius 1 is 1.12 bits per heavy atom. The largest absolute Gasteiger partial charge is 0.370 e. The molecule has 0 unspecified atom stereocenters. The van der Waals surface area contributed by atoms with Crippen LogP contribution in [-0.4, -0.2) is 17.4 Å². The van der Waals surface area contributed by atoms with E-state index in [0.29, 0.717) is 11.4 Å². The summed E-state index contributed by atoms with van der Waals surface area (Å²) in [6.07, 6.45) is 9.66. The molecule has 1 aromatic heterocycles. The first-order chi connectivity index (χ1) is 12.6. The minimum Gasteiger partial charge on any atom is -0.370 e. The Balaban J connectivity index is 1.58. The van der Waals surface area contributed by atoms with Gasteiger partial charge in [0.15, 0.2) is 11.6 Å². The molecule has 4 nitrogen and oxygen atoms in total. The third-order valence-electron chi connectivity index (χ3n) is 4.34. The van der Waals surface area contributed by atoms with Gasteiger partial charge < -0.3 is 10.6 Å². The van der Waals surface area contributed by atoms with Crippen LogP contribution in [0.3, 0.4) is 0 Å². The molecule has 0 atom stereocenters. The van der Waals surface area contributed by atoms with E-state index >= 15 is 0 Å². The van der Waals surface area contributed by atoms with E-state index in [0.717, 1.165) is 37.9 Å². The second-order valence-corrected chi connectivity index (χ2v) is 6.30. The lowest BCUT2D eigenvalue weighted by Crippen LogP contribution is -2.13. The first-order valence-electron chi connectivity index (χ1n) is 8.76. The molecule has 3 rings (SSSR count). The number of benzene rings is 1. The molecule has 26 heavy (non-hydrogen) atoms. The highest BCUT2D eigenvalue weighted by Crippen LogP contribution is 2.20. The molecule has 0 bridgehead atoms. The van der Waals surface area contributed by atoms with E-state index in [9.17, 15) is 13.6 Å². The Labute approximate surface area is 151 Å². The summed E-state index contributed by atoms with van der Waals surface area (Å²) in [5.41, 5.74) is 2.06. The van der Waals surface area contributed by atoms with Crippen molar-refractivity contribution in [3.8, 4) is 0 Å². The van der Waals surface area contributed by atoms with Gasteiger partial charge in [-0.15, -0.1) is 0 Å². The Kier molecular flexibility index (Phi) is 5.94. The lowest BCUT2D eigenvalue weighted by atomic mass is 9.97. The maximum absolute atomic E-state index is 13.2. The van der Waals surface area contributed by atoms with Crippen molar-refractivity contribution in [1.82, 2.24) is 4.98 Å². The van der Waals surface area contributed by atoms with Crippen LogP contribution in [0.25, 0.3) is 0 Å². The molecule has 2 N–H and O–H groups in total. The van der Waals surface area contributed by atoms with Crippen LogP contribution >= 0.6 is 0 Å². The summed E-state index contributed by atoms with van der Waals surface area (Å²) < 4.78 is 26.2. The van der Waals surface area contributed by atoms with Gasteiger partial charge in [-0.1, -0.05) is 11.6 Å². The van der Waals surface area contributed by atoms with Crippen LogP contribution in [0.1, 0.15) is 42.5 Å². The fraction of sp³-hybridized carbons (Fsp3) is 0.300.